The third-order valence-corrected chi connectivity index (χ3v) is 3.80. The van der Waals surface area contributed by atoms with Gasteiger partial charge in [-0.2, -0.15) is 0 Å². The minimum absolute atomic E-state index is 0. The summed E-state index contributed by atoms with van der Waals surface area (Å²) < 4.78 is 7.89. The van der Waals surface area contributed by atoms with Crippen molar-refractivity contribution in [1.82, 2.24) is 9.55 Å². The van der Waals surface area contributed by atoms with Gasteiger partial charge in [-0.25, -0.2) is 4.98 Å². The zero-order valence-electron chi connectivity index (χ0n) is 13.9. The van der Waals surface area contributed by atoms with Crippen molar-refractivity contribution in [3.63, 3.8) is 0 Å². The molecule has 1 heterocycles. The van der Waals surface area contributed by atoms with Crippen LogP contribution in [0.25, 0.3) is 17.8 Å². The average molecular weight is 375 g/mol. The Balaban J connectivity index is 0.00000225. The second-order valence-corrected chi connectivity index (χ2v) is 5.87. The predicted molar refractivity (Wildman–Crippen MR) is 107 cm³/mol. The topological polar surface area (TPSA) is 27.1 Å². The van der Waals surface area contributed by atoms with Gasteiger partial charge in [0.15, 0.2) is 0 Å². The van der Waals surface area contributed by atoms with Crippen LogP contribution in [0.4, 0.5) is 0 Å². The third-order valence-electron chi connectivity index (χ3n) is 3.57. The maximum absolute atomic E-state index is 6.04. The highest BCUT2D eigenvalue weighted by molar-refractivity contribution is 6.30. The molecule has 0 radical (unpaired) electrons. The highest BCUT2D eigenvalue weighted by Crippen LogP contribution is 2.25. The van der Waals surface area contributed by atoms with Crippen LogP contribution in [0.15, 0.2) is 61.2 Å². The average Bonchev–Trinajstić information content (AvgIpc) is 3.13. The molecule has 0 fully saturated rings. The smallest absolute Gasteiger partial charge is 0.128 e. The summed E-state index contributed by atoms with van der Waals surface area (Å²) in [6.45, 7) is 2.78. The van der Waals surface area contributed by atoms with Gasteiger partial charge in [-0.15, -0.1) is 12.4 Å². The lowest BCUT2D eigenvalue weighted by Crippen LogP contribution is -1.99. The van der Waals surface area contributed by atoms with Gasteiger partial charge >= 0.3 is 0 Å². The molecule has 0 amide bonds. The summed E-state index contributed by atoms with van der Waals surface area (Å²) in [5.41, 5.74) is 3.12. The Kier molecular flexibility index (Phi) is 7.11. The normalized spacial score (nSPS) is 10.6. The van der Waals surface area contributed by atoms with Gasteiger partial charge in [-0.3, -0.25) is 0 Å². The molecule has 3 aromatic rings. The second-order valence-electron chi connectivity index (χ2n) is 5.43. The van der Waals surface area contributed by atoms with E-state index in [2.05, 4.69) is 24.0 Å². The lowest BCUT2D eigenvalue weighted by Gasteiger charge is -2.11. The monoisotopic (exact) mass is 374 g/mol. The predicted octanol–water partition coefficient (Wildman–Crippen LogP) is 5.91. The molecule has 0 saturated heterocycles. The van der Waals surface area contributed by atoms with Gasteiger partial charge in [0.2, 0.25) is 0 Å². The number of hydrogen-bond donors (Lipinski definition) is 0. The van der Waals surface area contributed by atoms with Crippen LogP contribution in [-0.2, 0) is 0 Å². The number of halogens is 2. The molecule has 0 N–H and O–H groups in total. The molecule has 0 saturated carbocycles. The Hall–Kier alpha value is -2.23. The summed E-state index contributed by atoms with van der Waals surface area (Å²) in [6, 6.07) is 13.9. The van der Waals surface area contributed by atoms with Gasteiger partial charge in [0.1, 0.15) is 5.75 Å². The summed E-state index contributed by atoms with van der Waals surface area (Å²) in [5, 5.41) is 0.732. The van der Waals surface area contributed by atoms with Crippen molar-refractivity contribution < 1.29 is 4.74 Å². The van der Waals surface area contributed by atoms with Crippen LogP contribution >= 0.6 is 24.0 Å². The van der Waals surface area contributed by atoms with Crippen LogP contribution in [0, 0.1) is 0 Å². The van der Waals surface area contributed by atoms with Gasteiger partial charge in [-0.1, -0.05) is 42.8 Å². The molecule has 0 spiro atoms. The first kappa shape index (κ1) is 19.1. The van der Waals surface area contributed by atoms with E-state index < -0.39 is 0 Å². The molecule has 3 rings (SSSR count). The molecule has 1 aromatic heterocycles. The van der Waals surface area contributed by atoms with Gasteiger partial charge in [-0.05, 0) is 36.2 Å². The maximum Gasteiger partial charge on any atom is 0.128 e. The maximum atomic E-state index is 6.04. The van der Waals surface area contributed by atoms with E-state index in [-0.39, 0.29) is 12.4 Å². The number of benzene rings is 2. The van der Waals surface area contributed by atoms with E-state index in [0.29, 0.717) is 6.61 Å². The summed E-state index contributed by atoms with van der Waals surface area (Å²) in [4.78, 5) is 4.09. The first-order valence-corrected chi connectivity index (χ1v) is 8.33. The van der Waals surface area contributed by atoms with E-state index in [1.807, 2.05) is 53.2 Å². The fraction of sp³-hybridized carbons (Fsp3) is 0.150. The minimum atomic E-state index is 0. The van der Waals surface area contributed by atoms with E-state index in [0.717, 1.165) is 34.0 Å². The van der Waals surface area contributed by atoms with Crippen molar-refractivity contribution in [2.75, 3.05) is 6.61 Å². The third kappa shape index (κ3) is 5.12. The number of ether oxygens (including phenoxy) is 1. The van der Waals surface area contributed by atoms with E-state index in [1.165, 1.54) is 0 Å². The van der Waals surface area contributed by atoms with Crippen LogP contribution in [0.2, 0.25) is 5.02 Å². The zero-order chi connectivity index (χ0) is 16.8. The number of hydrogen-bond acceptors (Lipinski definition) is 2. The summed E-state index contributed by atoms with van der Waals surface area (Å²) in [5.74, 6) is 0.862. The Labute approximate surface area is 159 Å². The minimum Gasteiger partial charge on any atom is -0.493 e. The largest absolute Gasteiger partial charge is 0.493 e. The standard InChI is InChI=1S/C20H19ClN2O.ClH/c1-2-12-24-20-14-19(23-11-10-22-15-23)9-8-17(20)7-6-16-4-3-5-18(21)13-16;/h3-11,13-15H,2,12H2,1H3;1H. The molecule has 130 valence electrons. The molecule has 0 atom stereocenters. The van der Waals surface area contributed by atoms with E-state index in [9.17, 15) is 0 Å². The Morgan fingerprint density at radius 2 is 2.04 bits per heavy atom. The molecule has 0 aliphatic heterocycles. The lowest BCUT2D eigenvalue weighted by molar-refractivity contribution is 0.316. The van der Waals surface area contributed by atoms with Crippen LogP contribution < -0.4 is 4.74 Å². The van der Waals surface area contributed by atoms with Crippen LogP contribution in [0.1, 0.15) is 24.5 Å². The highest BCUT2D eigenvalue weighted by Gasteiger charge is 2.05. The molecule has 2 aromatic carbocycles. The van der Waals surface area contributed by atoms with Gasteiger partial charge < -0.3 is 9.30 Å². The summed E-state index contributed by atoms with van der Waals surface area (Å²) >= 11 is 6.04. The Morgan fingerprint density at radius 3 is 2.76 bits per heavy atom. The second kappa shape index (κ2) is 9.30. The van der Waals surface area contributed by atoms with Gasteiger partial charge in [0.05, 0.1) is 18.6 Å². The fourth-order valence-corrected chi connectivity index (χ4v) is 2.57. The van der Waals surface area contributed by atoms with Crippen LogP contribution in [0.5, 0.6) is 5.75 Å². The van der Waals surface area contributed by atoms with Crippen molar-refractivity contribution in [2.45, 2.75) is 13.3 Å². The van der Waals surface area contributed by atoms with E-state index >= 15 is 0 Å². The Bertz CT molecular complexity index is 829. The molecule has 3 nitrogen and oxygen atoms in total. The van der Waals surface area contributed by atoms with Crippen molar-refractivity contribution in [2.24, 2.45) is 0 Å². The van der Waals surface area contributed by atoms with Crippen LogP contribution in [0.3, 0.4) is 0 Å². The SMILES string of the molecule is CCCOc1cc(-n2ccnc2)ccc1C=Cc1cccc(Cl)c1.Cl. The molecule has 0 unspecified atom stereocenters. The number of rotatable bonds is 6. The Morgan fingerprint density at radius 1 is 1.16 bits per heavy atom. The summed E-state index contributed by atoms with van der Waals surface area (Å²) in [6.07, 6.45) is 10.5. The molecule has 0 aliphatic rings. The van der Waals surface area contributed by atoms with Gasteiger partial charge in [0.25, 0.3) is 0 Å². The molecular weight excluding hydrogens is 355 g/mol. The quantitative estimate of drug-likeness (QED) is 0.501. The van der Waals surface area contributed by atoms with Gasteiger partial charge in [0, 0.05) is 29.0 Å². The van der Waals surface area contributed by atoms with Crippen molar-refractivity contribution in [1.29, 1.82) is 0 Å². The van der Waals surface area contributed by atoms with Crippen molar-refractivity contribution in [3.8, 4) is 11.4 Å². The zero-order valence-corrected chi connectivity index (χ0v) is 15.5. The highest BCUT2D eigenvalue weighted by atomic mass is 35.5. The molecule has 5 heteroatoms. The van der Waals surface area contributed by atoms with E-state index in [4.69, 9.17) is 16.3 Å². The first-order chi connectivity index (χ1) is 11.8. The lowest BCUT2D eigenvalue weighted by atomic mass is 10.1. The number of imidazole rings is 1. The molecular formula is C20H20Cl2N2O. The molecule has 25 heavy (non-hydrogen) atoms. The van der Waals surface area contributed by atoms with Crippen LogP contribution in [-0.4, -0.2) is 16.2 Å². The summed E-state index contributed by atoms with van der Waals surface area (Å²) in [7, 11) is 0. The number of nitrogens with zero attached hydrogens (tertiary/aromatic N) is 2. The number of aromatic nitrogens is 2. The van der Waals surface area contributed by atoms with E-state index in [1.54, 1.807) is 12.5 Å². The fourth-order valence-electron chi connectivity index (χ4n) is 2.37. The van der Waals surface area contributed by atoms with Crippen molar-refractivity contribution >= 4 is 36.2 Å². The van der Waals surface area contributed by atoms with Crippen molar-refractivity contribution in [3.05, 3.63) is 77.3 Å². The first-order valence-electron chi connectivity index (χ1n) is 7.95. The molecule has 0 aliphatic carbocycles. The molecule has 0 bridgehead atoms.